The molecule has 0 fully saturated rings. The molecule has 2 nitrogen and oxygen atoms in total. The second-order valence-corrected chi connectivity index (χ2v) is 4.40. The van der Waals surface area contributed by atoms with Gasteiger partial charge in [0.15, 0.2) is 17.5 Å². The van der Waals surface area contributed by atoms with Crippen LogP contribution in [-0.4, -0.2) is 5.91 Å². The molecule has 2 rings (SSSR count). The molecule has 0 bridgehead atoms. The van der Waals surface area contributed by atoms with E-state index in [9.17, 15) is 35.5 Å². The molecule has 0 atom stereocenters. The molecule has 2 aromatic carbocycles. The third-order valence-corrected chi connectivity index (χ3v) is 2.78. The zero-order chi connectivity index (χ0) is 17.4. The molecular formula is C14H6F7NO. The van der Waals surface area contributed by atoms with Crippen molar-refractivity contribution >= 4 is 11.6 Å². The molecule has 0 aliphatic carbocycles. The third kappa shape index (κ3) is 3.61. The second kappa shape index (κ2) is 5.90. The SMILES string of the molecule is O=C(Nc1ccc(F)c(C(F)(F)F)c1)c1cc(F)c(F)c(F)c1. The number of carbonyl (C=O) groups is 1. The molecule has 1 N–H and O–H groups in total. The van der Waals surface area contributed by atoms with Crippen molar-refractivity contribution in [3.05, 3.63) is 64.7 Å². The Balaban J connectivity index is 2.31. The van der Waals surface area contributed by atoms with Gasteiger partial charge in [-0.25, -0.2) is 17.6 Å². The molecule has 0 radical (unpaired) electrons. The molecule has 1 amide bonds. The van der Waals surface area contributed by atoms with Crippen molar-refractivity contribution in [2.75, 3.05) is 5.32 Å². The second-order valence-electron chi connectivity index (χ2n) is 4.40. The van der Waals surface area contributed by atoms with E-state index in [2.05, 4.69) is 0 Å². The van der Waals surface area contributed by atoms with Gasteiger partial charge in [0.05, 0.1) is 5.56 Å². The number of benzene rings is 2. The topological polar surface area (TPSA) is 29.1 Å². The molecule has 2 aromatic rings. The maximum absolute atomic E-state index is 13.1. The third-order valence-electron chi connectivity index (χ3n) is 2.78. The highest BCUT2D eigenvalue weighted by Crippen LogP contribution is 2.33. The molecule has 23 heavy (non-hydrogen) atoms. The summed E-state index contributed by atoms with van der Waals surface area (Å²) in [6.45, 7) is 0. The van der Waals surface area contributed by atoms with Crippen molar-refractivity contribution in [3.63, 3.8) is 0 Å². The molecule has 0 aliphatic heterocycles. The lowest BCUT2D eigenvalue weighted by molar-refractivity contribution is -0.139. The number of amides is 1. The molecule has 0 aliphatic rings. The number of alkyl halides is 3. The fraction of sp³-hybridized carbons (Fsp3) is 0.0714. The van der Waals surface area contributed by atoms with Crippen molar-refractivity contribution in [2.24, 2.45) is 0 Å². The fourth-order valence-corrected chi connectivity index (χ4v) is 1.71. The quantitative estimate of drug-likeness (QED) is 0.634. The van der Waals surface area contributed by atoms with E-state index in [1.54, 1.807) is 0 Å². The molecular weight excluding hydrogens is 331 g/mol. The van der Waals surface area contributed by atoms with Crippen LogP contribution in [0.1, 0.15) is 15.9 Å². The molecule has 0 unspecified atom stereocenters. The molecule has 0 saturated heterocycles. The number of rotatable bonds is 2. The number of anilines is 1. The smallest absolute Gasteiger partial charge is 0.322 e. The van der Waals surface area contributed by atoms with Crippen LogP contribution in [0.5, 0.6) is 0 Å². The number of hydrogen-bond donors (Lipinski definition) is 1. The summed E-state index contributed by atoms with van der Waals surface area (Å²) in [4.78, 5) is 11.7. The van der Waals surface area contributed by atoms with E-state index >= 15 is 0 Å². The van der Waals surface area contributed by atoms with Crippen LogP contribution >= 0.6 is 0 Å². The molecule has 0 spiro atoms. The Morgan fingerprint density at radius 3 is 1.96 bits per heavy atom. The van der Waals surface area contributed by atoms with Gasteiger partial charge in [-0.1, -0.05) is 0 Å². The largest absolute Gasteiger partial charge is 0.419 e. The minimum Gasteiger partial charge on any atom is -0.322 e. The Bertz CT molecular complexity index is 747. The fourth-order valence-electron chi connectivity index (χ4n) is 1.71. The summed E-state index contributed by atoms with van der Waals surface area (Å²) in [5, 5.41) is 1.91. The van der Waals surface area contributed by atoms with Crippen LogP contribution in [0, 0.1) is 23.3 Å². The maximum Gasteiger partial charge on any atom is 0.419 e. The molecule has 9 heteroatoms. The zero-order valence-corrected chi connectivity index (χ0v) is 10.9. The summed E-state index contributed by atoms with van der Waals surface area (Å²) in [6.07, 6.45) is -4.99. The van der Waals surface area contributed by atoms with Crippen molar-refractivity contribution in [1.82, 2.24) is 0 Å². The minimum absolute atomic E-state index is 0.323. The van der Waals surface area contributed by atoms with E-state index in [1.165, 1.54) is 0 Å². The van der Waals surface area contributed by atoms with Crippen LogP contribution in [0.4, 0.5) is 36.4 Å². The van der Waals surface area contributed by atoms with Gasteiger partial charge in [-0.2, -0.15) is 13.2 Å². The highest BCUT2D eigenvalue weighted by atomic mass is 19.4. The van der Waals surface area contributed by atoms with Gasteiger partial charge in [0, 0.05) is 11.3 Å². The lowest BCUT2D eigenvalue weighted by atomic mass is 10.1. The first-order chi connectivity index (χ1) is 10.6. The number of hydrogen-bond acceptors (Lipinski definition) is 1. The van der Waals surface area contributed by atoms with Crippen LogP contribution in [0.15, 0.2) is 30.3 Å². The molecule has 122 valence electrons. The Hall–Kier alpha value is -2.58. The van der Waals surface area contributed by atoms with Crippen LogP contribution < -0.4 is 5.32 Å². The van der Waals surface area contributed by atoms with Gasteiger partial charge in [0.25, 0.3) is 5.91 Å². The van der Waals surface area contributed by atoms with Gasteiger partial charge in [0.2, 0.25) is 0 Å². The average molecular weight is 337 g/mol. The summed E-state index contributed by atoms with van der Waals surface area (Å²) >= 11 is 0. The van der Waals surface area contributed by atoms with E-state index in [0.29, 0.717) is 24.3 Å². The Labute approximate surface area is 124 Å². The lowest BCUT2D eigenvalue weighted by Gasteiger charge is -2.11. The molecule has 0 saturated carbocycles. The van der Waals surface area contributed by atoms with E-state index < -0.39 is 52.2 Å². The first-order valence-corrected chi connectivity index (χ1v) is 5.92. The van der Waals surface area contributed by atoms with Crippen molar-refractivity contribution in [3.8, 4) is 0 Å². The van der Waals surface area contributed by atoms with E-state index in [-0.39, 0.29) is 0 Å². The normalized spacial score (nSPS) is 11.4. The molecule has 0 aromatic heterocycles. The van der Waals surface area contributed by atoms with Gasteiger partial charge in [-0.15, -0.1) is 0 Å². The zero-order valence-electron chi connectivity index (χ0n) is 10.9. The van der Waals surface area contributed by atoms with Crippen LogP contribution in [0.25, 0.3) is 0 Å². The standard InChI is InChI=1S/C14H6F7NO/c15-9-2-1-7(5-8(9)14(19,20)21)22-13(23)6-3-10(16)12(18)11(17)4-6/h1-5H,(H,22,23). The Kier molecular flexibility index (Phi) is 4.31. The highest BCUT2D eigenvalue weighted by Gasteiger charge is 2.34. The summed E-state index contributed by atoms with van der Waals surface area (Å²) < 4.78 is 89.6. The van der Waals surface area contributed by atoms with Crippen molar-refractivity contribution in [2.45, 2.75) is 6.18 Å². The van der Waals surface area contributed by atoms with Gasteiger partial charge in [-0.3, -0.25) is 4.79 Å². The number of carbonyl (C=O) groups excluding carboxylic acids is 1. The van der Waals surface area contributed by atoms with E-state index in [0.717, 1.165) is 6.07 Å². The van der Waals surface area contributed by atoms with Crippen LogP contribution in [0.3, 0.4) is 0 Å². The van der Waals surface area contributed by atoms with Gasteiger partial charge in [0.1, 0.15) is 5.82 Å². The van der Waals surface area contributed by atoms with Gasteiger partial charge < -0.3 is 5.32 Å². The predicted octanol–water partition coefficient (Wildman–Crippen LogP) is 4.51. The van der Waals surface area contributed by atoms with Crippen LogP contribution in [0.2, 0.25) is 0 Å². The summed E-state index contributed by atoms with van der Waals surface area (Å²) in [5.74, 6) is -7.80. The van der Waals surface area contributed by atoms with E-state index in [1.807, 2.05) is 5.32 Å². The highest BCUT2D eigenvalue weighted by molar-refractivity contribution is 6.04. The Morgan fingerprint density at radius 1 is 0.870 bits per heavy atom. The maximum atomic E-state index is 13.1. The number of nitrogens with one attached hydrogen (secondary N) is 1. The monoisotopic (exact) mass is 337 g/mol. The van der Waals surface area contributed by atoms with E-state index in [4.69, 9.17) is 0 Å². The van der Waals surface area contributed by atoms with Crippen LogP contribution in [-0.2, 0) is 6.18 Å². The summed E-state index contributed by atoms with van der Waals surface area (Å²) in [7, 11) is 0. The van der Waals surface area contributed by atoms with Gasteiger partial charge >= 0.3 is 6.18 Å². The minimum atomic E-state index is -4.99. The first kappa shape index (κ1) is 16.8. The average Bonchev–Trinajstić information content (AvgIpc) is 2.45. The predicted molar refractivity (Wildman–Crippen MR) is 65.7 cm³/mol. The van der Waals surface area contributed by atoms with Crippen molar-refractivity contribution < 1.29 is 35.5 Å². The first-order valence-electron chi connectivity index (χ1n) is 5.92. The number of halogens is 7. The van der Waals surface area contributed by atoms with Gasteiger partial charge in [-0.05, 0) is 30.3 Å². The van der Waals surface area contributed by atoms with Crippen molar-refractivity contribution in [1.29, 1.82) is 0 Å². The Morgan fingerprint density at radius 2 is 1.43 bits per heavy atom. The summed E-state index contributed by atoms with van der Waals surface area (Å²) in [6, 6.07) is 2.39. The lowest BCUT2D eigenvalue weighted by Crippen LogP contribution is -2.15. The summed E-state index contributed by atoms with van der Waals surface area (Å²) in [5.41, 5.74) is -2.72. The molecule has 0 heterocycles.